The predicted octanol–water partition coefficient (Wildman–Crippen LogP) is 2.30. The Labute approximate surface area is 134 Å². The first-order chi connectivity index (χ1) is 10.9. The van der Waals surface area contributed by atoms with E-state index in [1.807, 2.05) is 6.07 Å². The van der Waals surface area contributed by atoms with E-state index in [-0.39, 0.29) is 0 Å². The van der Waals surface area contributed by atoms with Crippen LogP contribution in [0.2, 0.25) is 0 Å². The van der Waals surface area contributed by atoms with Crippen molar-refractivity contribution in [2.24, 2.45) is 0 Å². The summed E-state index contributed by atoms with van der Waals surface area (Å²) in [6.45, 7) is 0. The quantitative estimate of drug-likeness (QED) is 0.849. The van der Waals surface area contributed by atoms with Gasteiger partial charge in [0.2, 0.25) is 10.0 Å². The van der Waals surface area contributed by atoms with Crippen LogP contribution in [0.15, 0.2) is 48.8 Å². The molecular formula is C16H16N2O4S. The lowest BCUT2D eigenvalue weighted by atomic mass is 10.1. The van der Waals surface area contributed by atoms with Gasteiger partial charge in [0, 0.05) is 18.1 Å². The number of carbonyl (C=O) groups excluding carboxylic acids is 1. The highest BCUT2D eigenvalue weighted by atomic mass is 32.2. The number of benzene rings is 1. The van der Waals surface area contributed by atoms with E-state index in [4.69, 9.17) is 4.74 Å². The maximum Gasteiger partial charge on any atom is 0.340 e. The number of nitrogens with one attached hydrogen (secondary N) is 1. The average molecular weight is 332 g/mol. The van der Waals surface area contributed by atoms with Gasteiger partial charge in [0.25, 0.3) is 0 Å². The smallest absolute Gasteiger partial charge is 0.340 e. The first-order valence-corrected chi connectivity index (χ1v) is 8.99. The minimum Gasteiger partial charge on any atom is -0.451 e. The van der Waals surface area contributed by atoms with Crippen molar-refractivity contribution < 1.29 is 17.9 Å². The van der Waals surface area contributed by atoms with E-state index in [1.54, 1.807) is 36.5 Å². The summed E-state index contributed by atoms with van der Waals surface area (Å²) in [5, 5.41) is 0. The summed E-state index contributed by atoms with van der Waals surface area (Å²) in [6, 6.07) is 10.2. The molecule has 1 N–H and O–H groups in total. The van der Waals surface area contributed by atoms with E-state index < -0.39 is 21.6 Å². The lowest BCUT2D eigenvalue weighted by Crippen LogP contribution is -2.18. The molecule has 23 heavy (non-hydrogen) atoms. The number of hydrogen-bond acceptors (Lipinski definition) is 5. The monoisotopic (exact) mass is 332 g/mol. The van der Waals surface area contributed by atoms with Crippen LogP contribution in [-0.4, -0.2) is 25.6 Å². The predicted molar refractivity (Wildman–Crippen MR) is 85.5 cm³/mol. The summed E-state index contributed by atoms with van der Waals surface area (Å²) in [6.07, 6.45) is 5.56. The Morgan fingerprint density at radius 2 is 2.04 bits per heavy atom. The number of nitrogens with zero attached hydrogens (tertiary/aromatic N) is 1. The Kier molecular flexibility index (Phi) is 3.81. The van der Waals surface area contributed by atoms with Crippen LogP contribution in [-0.2, 0) is 20.4 Å². The zero-order valence-corrected chi connectivity index (χ0v) is 13.3. The zero-order valence-electron chi connectivity index (χ0n) is 12.5. The van der Waals surface area contributed by atoms with Crippen LogP contribution >= 0.6 is 0 Å². The Bertz CT molecular complexity index is 830. The third kappa shape index (κ3) is 3.68. The molecule has 1 heterocycles. The van der Waals surface area contributed by atoms with E-state index in [1.165, 1.54) is 6.20 Å². The fourth-order valence-corrected chi connectivity index (χ4v) is 2.92. The maximum absolute atomic E-state index is 12.2. The normalized spacial score (nSPS) is 15.7. The molecule has 1 aliphatic carbocycles. The van der Waals surface area contributed by atoms with Gasteiger partial charge in [0.05, 0.1) is 11.8 Å². The molecule has 0 saturated heterocycles. The zero-order chi connectivity index (χ0) is 16.5. The molecule has 1 fully saturated rings. The van der Waals surface area contributed by atoms with Crippen LogP contribution in [0.4, 0.5) is 5.69 Å². The van der Waals surface area contributed by atoms with Crippen LogP contribution in [0.5, 0.6) is 0 Å². The van der Waals surface area contributed by atoms with Crippen LogP contribution in [0.1, 0.15) is 28.8 Å². The molecule has 0 spiro atoms. The van der Waals surface area contributed by atoms with Crippen molar-refractivity contribution in [1.29, 1.82) is 0 Å². The molecule has 1 aromatic carbocycles. The fraction of sp³-hybridized carbons (Fsp3) is 0.250. The van der Waals surface area contributed by atoms with Crippen molar-refractivity contribution >= 4 is 21.7 Å². The van der Waals surface area contributed by atoms with Crippen LogP contribution < -0.4 is 4.72 Å². The number of ether oxygens (including phenoxy) is 1. The highest BCUT2D eigenvalue weighted by molar-refractivity contribution is 7.92. The van der Waals surface area contributed by atoms with Crippen molar-refractivity contribution in [1.82, 2.24) is 4.98 Å². The van der Waals surface area contributed by atoms with Crippen LogP contribution in [0.3, 0.4) is 0 Å². The second kappa shape index (κ2) is 5.66. The Hall–Kier alpha value is -2.41. The molecule has 0 unspecified atom stereocenters. The number of sulfonamides is 1. The molecule has 3 rings (SSSR count). The van der Waals surface area contributed by atoms with Gasteiger partial charge in [-0.05, 0) is 42.7 Å². The van der Waals surface area contributed by atoms with Crippen LogP contribution in [0.25, 0.3) is 0 Å². The molecule has 0 atom stereocenters. The van der Waals surface area contributed by atoms with Crippen molar-refractivity contribution in [2.75, 3.05) is 11.0 Å². The lowest BCUT2D eigenvalue weighted by Gasteiger charge is -2.18. The van der Waals surface area contributed by atoms with E-state index in [2.05, 4.69) is 9.71 Å². The highest BCUT2D eigenvalue weighted by Gasteiger charge is 2.48. The molecule has 0 aliphatic heterocycles. The molecule has 7 heteroatoms. The molecule has 120 valence electrons. The van der Waals surface area contributed by atoms with Gasteiger partial charge in [-0.3, -0.25) is 9.71 Å². The third-order valence-electron chi connectivity index (χ3n) is 3.58. The maximum atomic E-state index is 12.2. The topological polar surface area (TPSA) is 85.4 Å². The summed E-state index contributed by atoms with van der Waals surface area (Å²) in [7, 11) is -3.35. The molecule has 0 bridgehead atoms. The van der Waals surface area contributed by atoms with Crippen molar-refractivity contribution in [3.8, 4) is 0 Å². The molecule has 1 aromatic heterocycles. The third-order valence-corrected chi connectivity index (χ3v) is 4.19. The number of hydrogen-bond donors (Lipinski definition) is 1. The first-order valence-electron chi connectivity index (χ1n) is 7.10. The van der Waals surface area contributed by atoms with Gasteiger partial charge in [-0.2, -0.15) is 0 Å². The molecule has 1 saturated carbocycles. The number of aromatic nitrogens is 1. The van der Waals surface area contributed by atoms with Gasteiger partial charge in [-0.15, -0.1) is 0 Å². The standard InChI is InChI=1S/C16H16N2O4S/c1-23(20,21)18-14-6-2-5-13(10-14)16(7-8-16)22-15(19)12-4-3-9-17-11-12/h2-6,9-11,18H,7-8H2,1H3. The SMILES string of the molecule is CS(=O)(=O)Nc1cccc(C2(OC(=O)c3cccnc3)CC2)c1. The highest BCUT2D eigenvalue weighted by Crippen LogP contribution is 2.50. The molecule has 2 aromatic rings. The summed E-state index contributed by atoms with van der Waals surface area (Å²) in [5.41, 5.74) is 0.948. The number of esters is 1. The summed E-state index contributed by atoms with van der Waals surface area (Å²) < 4.78 is 30.8. The molecular weight excluding hydrogens is 316 g/mol. The van der Waals surface area contributed by atoms with E-state index >= 15 is 0 Å². The minimum atomic E-state index is -3.35. The van der Waals surface area contributed by atoms with Crippen LogP contribution in [0, 0.1) is 0 Å². The lowest BCUT2D eigenvalue weighted by molar-refractivity contribution is 0.0214. The van der Waals surface area contributed by atoms with Crippen molar-refractivity contribution in [3.63, 3.8) is 0 Å². The molecule has 1 aliphatic rings. The first kappa shape index (κ1) is 15.5. The van der Waals surface area contributed by atoms with Gasteiger partial charge >= 0.3 is 5.97 Å². The summed E-state index contributed by atoms with van der Waals surface area (Å²) in [4.78, 5) is 16.1. The number of rotatable bonds is 5. The average Bonchev–Trinajstić information content (AvgIpc) is 3.27. The number of anilines is 1. The van der Waals surface area contributed by atoms with Gasteiger partial charge in [0.1, 0.15) is 5.60 Å². The molecule has 6 nitrogen and oxygen atoms in total. The van der Waals surface area contributed by atoms with Gasteiger partial charge in [-0.25, -0.2) is 13.2 Å². The fourth-order valence-electron chi connectivity index (χ4n) is 2.36. The minimum absolute atomic E-state index is 0.393. The molecule has 0 radical (unpaired) electrons. The molecule has 0 amide bonds. The second-order valence-electron chi connectivity index (χ2n) is 5.58. The Morgan fingerprint density at radius 1 is 1.26 bits per heavy atom. The van der Waals surface area contributed by atoms with Crippen molar-refractivity contribution in [2.45, 2.75) is 18.4 Å². The summed E-state index contributed by atoms with van der Waals surface area (Å²) >= 11 is 0. The van der Waals surface area contributed by atoms with Crippen molar-refractivity contribution in [3.05, 3.63) is 59.9 Å². The van der Waals surface area contributed by atoms with Gasteiger partial charge < -0.3 is 4.74 Å². The van der Waals surface area contributed by atoms with Gasteiger partial charge in [-0.1, -0.05) is 12.1 Å². The van der Waals surface area contributed by atoms with Gasteiger partial charge in [0.15, 0.2) is 0 Å². The van der Waals surface area contributed by atoms with E-state index in [9.17, 15) is 13.2 Å². The number of pyridine rings is 1. The number of carbonyl (C=O) groups is 1. The summed E-state index contributed by atoms with van der Waals surface area (Å²) in [5.74, 6) is -0.433. The van der Waals surface area contributed by atoms with E-state index in [0.29, 0.717) is 24.1 Å². The second-order valence-corrected chi connectivity index (χ2v) is 7.33. The Balaban J connectivity index is 1.81. The largest absolute Gasteiger partial charge is 0.451 e. The van der Waals surface area contributed by atoms with E-state index in [0.717, 1.165) is 11.8 Å². The Morgan fingerprint density at radius 3 is 2.65 bits per heavy atom.